The molecule has 2 aliphatic rings. The fourth-order valence-electron chi connectivity index (χ4n) is 3.12. The molecular weight excluding hydrogens is 444 g/mol. The third-order valence-corrected chi connectivity index (χ3v) is 5.01. The van der Waals surface area contributed by atoms with E-state index in [1.807, 2.05) is 17.6 Å². The minimum absolute atomic E-state index is 0.103. The molecule has 13 heteroatoms. The lowest BCUT2D eigenvalue weighted by atomic mass is 10.1. The first-order valence-electron chi connectivity index (χ1n) is 11.6. The molecule has 0 fully saturated rings. The summed E-state index contributed by atoms with van der Waals surface area (Å²) in [5.41, 5.74) is 9.78. The second kappa shape index (κ2) is 16.2. The molecular formula is C21H40N8O5+4. The summed E-state index contributed by atoms with van der Waals surface area (Å²) >= 11 is 0. The molecule has 12 N–H and O–H groups in total. The molecule has 3 atom stereocenters. The van der Waals surface area contributed by atoms with E-state index < -0.39 is 0 Å². The van der Waals surface area contributed by atoms with Gasteiger partial charge in [-0.2, -0.15) is 0 Å². The average molecular weight is 485 g/mol. The van der Waals surface area contributed by atoms with E-state index >= 15 is 0 Å². The normalized spacial score (nSPS) is 17.3. The molecule has 0 aromatic carbocycles. The van der Waals surface area contributed by atoms with Crippen LogP contribution in [0.15, 0.2) is 33.8 Å². The van der Waals surface area contributed by atoms with Crippen molar-refractivity contribution in [2.75, 3.05) is 46.1 Å². The van der Waals surface area contributed by atoms with Crippen molar-refractivity contribution in [3.05, 3.63) is 23.8 Å². The van der Waals surface area contributed by atoms with Gasteiger partial charge in [0.25, 0.3) is 11.8 Å². The Morgan fingerprint density at radius 3 is 1.94 bits per heavy atom. The van der Waals surface area contributed by atoms with Crippen LogP contribution in [0.3, 0.4) is 0 Å². The first-order valence-corrected chi connectivity index (χ1v) is 11.6. The number of rotatable bonds is 18. The van der Waals surface area contributed by atoms with E-state index in [-0.39, 0.29) is 30.0 Å². The van der Waals surface area contributed by atoms with Gasteiger partial charge in [0, 0.05) is 13.1 Å². The van der Waals surface area contributed by atoms with Gasteiger partial charge in [-0.05, 0) is 6.92 Å². The maximum Gasteiger partial charge on any atom is 0.278 e. The highest BCUT2D eigenvalue weighted by Gasteiger charge is 2.22. The molecule has 34 heavy (non-hydrogen) atoms. The van der Waals surface area contributed by atoms with E-state index in [4.69, 9.17) is 14.2 Å². The molecule has 3 unspecified atom stereocenters. The summed E-state index contributed by atoms with van der Waals surface area (Å²) in [6.07, 6.45) is 7.91. The van der Waals surface area contributed by atoms with Gasteiger partial charge in [0.2, 0.25) is 0 Å². The lowest BCUT2D eigenvalue weighted by Crippen LogP contribution is -2.81. The van der Waals surface area contributed by atoms with Crippen molar-refractivity contribution in [3.63, 3.8) is 0 Å². The van der Waals surface area contributed by atoms with Gasteiger partial charge in [0.15, 0.2) is 24.8 Å². The van der Waals surface area contributed by atoms with Crippen molar-refractivity contribution >= 4 is 24.5 Å². The summed E-state index contributed by atoms with van der Waals surface area (Å²) in [7, 11) is 0. The molecule has 190 valence electrons. The van der Waals surface area contributed by atoms with Crippen molar-refractivity contribution in [3.8, 4) is 0 Å². The summed E-state index contributed by atoms with van der Waals surface area (Å²) in [5, 5.41) is 9.40. The monoisotopic (exact) mass is 484 g/mol. The highest BCUT2D eigenvalue weighted by molar-refractivity contribution is 5.80. The first kappa shape index (κ1) is 27.7. The van der Waals surface area contributed by atoms with Crippen LogP contribution in [0.2, 0.25) is 0 Å². The Morgan fingerprint density at radius 1 is 0.882 bits per heavy atom. The van der Waals surface area contributed by atoms with E-state index in [1.54, 1.807) is 25.1 Å². The Bertz CT molecular complexity index is 770. The second-order valence-corrected chi connectivity index (χ2v) is 8.09. The lowest BCUT2D eigenvalue weighted by Gasteiger charge is -2.14. The third-order valence-electron chi connectivity index (χ3n) is 5.01. The van der Waals surface area contributed by atoms with Crippen molar-refractivity contribution in [1.82, 2.24) is 10.6 Å². The topological polar surface area (TPSA) is 199 Å². The highest BCUT2D eigenvalue weighted by Crippen LogP contribution is 1.98. The van der Waals surface area contributed by atoms with Gasteiger partial charge >= 0.3 is 0 Å². The fraction of sp³-hybridized carbons (Fsp3) is 0.619. The minimum atomic E-state index is -0.360. The fourth-order valence-corrected chi connectivity index (χ4v) is 3.12. The Labute approximate surface area is 199 Å². The predicted molar refractivity (Wildman–Crippen MR) is 123 cm³/mol. The van der Waals surface area contributed by atoms with Gasteiger partial charge in [-0.25, -0.2) is 9.98 Å². The number of hydrogen-bond donors (Lipinski definition) is 6. The second-order valence-electron chi connectivity index (χ2n) is 8.09. The van der Waals surface area contributed by atoms with Crippen LogP contribution in [0.4, 0.5) is 0 Å². The zero-order valence-corrected chi connectivity index (χ0v) is 19.9. The number of carbonyl (C=O) groups is 2. The SMILES string of the molecule is CC(COCCOCCNC(=O)C([NH3+])CC1=CN=C[NH2+]1)OCCNC(=O)C([NH3+])CC1=CN=C[NH2+]1. The van der Waals surface area contributed by atoms with Crippen LogP contribution in [0.1, 0.15) is 19.8 Å². The summed E-state index contributed by atoms with van der Waals surface area (Å²) in [6, 6.07) is -0.715. The molecule has 13 nitrogen and oxygen atoms in total. The summed E-state index contributed by atoms with van der Waals surface area (Å²) in [6.45, 7) is 4.83. The Kier molecular flexibility index (Phi) is 13.2. The number of nitrogens with two attached hydrogens (primary N) is 2. The van der Waals surface area contributed by atoms with Gasteiger partial charge in [-0.3, -0.25) is 20.2 Å². The maximum absolute atomic E-state index is 12.1. The molecule has 0 saturated carbocycles. The molecule has 0 saturated heterocycles. The quantitative estimate of drug-likeness (QED) is 0.105. The van der Waals surface area contributed by atoms with Crippen LogP contribution < -0.4 is 32.7 Å². The van der Waals surface area contributed by atoms with Gasteiger partial charge < -0.3 is 36.3 Å². The van der Waals surface area contributed by atoms with E-state index in [2.05, 4.69) is 32.1 Å². The number of aliphatic imine (C=N–C) groups is 2. The molecule has 0 radical (unpaired) electrons. The van der Waals surface area contributed by atoms with E-state index in [9.17, 15) is 9.59 Å². The number of nitrogens with one attached hydrogen (secondary N) is 2. The molecule has 0 spiro atoms. The maximum atomic E-state index is 12.1. The number of carbonyl (C=O) groups excluding carboxylic acids is 2. The van der Waals surface area contributed by atoms with Crippen LogP contribution in [0.25, 0.3) is 0 Å². The van der Waals surface area contributed by atoms with E-state index in [1.165, 1.54) is 0 Å². The Hall–Kier alpha value is -2.52. The van der Waals surface area contributed by atoms with Crippen molar-refractivity contribution in [2.45, 2.75) is 38.0 Å². The van der Waals surface area contributed by atoms with Crippen LogP contribution in [-0.4, -0.2) is 88.8 Å². The number of ether oxygens (including phenoxy) is 3. The summed E-state index contributed by atoms with van der Waals surface area (Å²) < 4.78 is 16.6. The van der Waals surface area contributed by atoms with Gasteiger partial charge in [0.1, 0.15) is 11.4 Å². The van der Waals surface area contributed by atoms with Crippen molar-refractivity contribution in [1.29, 1.82) is 0 Å². The van der Waals surface area contributed by atoms with Crippen LogP contribution >= 0.6 is 0 Å². The molecule has 0 aromatic rings. The Balaban J connectivity index is 1.37. The summed E-state index contributed by atoms with van der Waals surface area (Å²) in [4.78, 5) is 32.0. The third kappa shape index (κ3) is 11.6. The van der Waals surface area contributed by atoms with Crippen molar-refractivity contribution < 1.29 is 45.9 Å². The van der Waals surface area contributed by atoms with Crippen LogP contribution in [0, 0.1) is 0 Å². The van der Waals surface area contributed by atoms with Gasteiger partial charge in [-0.1, -0.05) is 0 Å². The van der Waals surface area contributed by atoms with E-state index in [0.29, 0.717) is 59.0 Å². The van der Waals surface area contributed by atoms with Crippen LogP contribution in [-0.2, 0) is 23.8 Å². The zero-order chi connectivity index (χ0) is 24.6. The largest absolute Gasteiger partial charge is 0.377 e. The molecule has 0 aliphatic carbocycles. The standard InChI is InChI=1S/C21H36N8O5/c1-15(34-5-3-27-21(31)19(23)9-17-11-25-14-29-17)12-33-7-6-32-4-2-26-20(30)18(22)8-16-10-24-13-28-16/h10-11,13-15,18-19H,2-9,12,22-23H2,1H3,(H,24,28)(H,25,29)(H,26,30)(H,27,31)/p+4. The average Bonchev–Trinajstić information content (AvgIpc) is 3.52. The zero-order valence-electron chi connectivity index (χ0n) is 19.9. The summed E-state index contributed by atoms with van der Waals surface area (Å²) in [5.74, 6) is -0.208. The molecule has 2 amide bonds. The van der Waals surface area contributed by atoms with E-state index in [0.717, 1.165) is 11.4 Å². The lowest BCUT2D eigenvalue weighted by molar-refractivity contribution is -0.484. The molecule has 0 aromatic heterocycles. The Morgan fingerprint density at radius 2 is 1.41 bits per heavy atom. The smallest absolute Gasteiger partial charge is 0.278 e. The van der Waals surface area contributed by atoms with Gasteiger partial charge in [0.05, 0.1) is 64.4 Å². The number of hydrogen-bond acceptors (Lipinski definition) is 7. The molecule has 2 aliphatic heterocycles. The molecule has 0 bridgehead atoms. The van der Waals surface area contributed by atoms with Crippen molar-refractivity contribution in [2.24, 2.45) is 9.98 Å². The molecule has 2 rings (SSSR count). The predicted octanol–water partition coefficient (Wildman–Crippen LogP) is -5.45. The van der Waals surface area contributed by atoms with Gasteiger partial charge in [-0.15, -0.1) is 0 Å². The first-order chi connectivity index (χ1) is 16.5. The molecule has 2 heterocycles. The number of quaternary nitrogens is 4. The minimum Gasteiger partial charge on any atom is -0.377 e. The number of amides is 2. The highest BCUT2D eigenvalue weighted by atomic mass is 16.5. The number of nitrogens with zero attached hydrogens (tertiary/aromatic N) is 2. The van der Waals surface area contributed by atoms with Crippen LogP contribution in [0.5, 0.6) is 0 Å².